The third-order valence-corrected chi connectivity index (χ3v) is 3.65. The lowest BCUT2D eigenvalue weighted by Gasteiger charge is -2.13. The van der Waals surface area contributed by atoms with Crippen LogP contribution in [0, 0.1) is 0 Å². The summed E-state index contributed by atoms with van der Waals surface area (Å²) in [7, 11) is 0. The van der Waals surface area contributed by atoms with Crippen molar-refractivity contribution in [3.05, 3.63) is 65.2 Å². The van der Waals surface area contributed by atoms with Gasteiger partial charge in [-0.3, -0.25) is 0 Å². The van der Waals surface area contributed by atoms with Gasteiger partial charge < -0.3 is 15.2 Å². The molecule has 0 spiro atoms. The minimum absolute atomic E-state index is 0.111. The minimum Gasteiger partial charge on any atom is -0.488 e. The molecule has 2 aromatic carbocycles. The maximum absolute atomic E-state index is 11.1. The Labute approximate surface area is 123 Å². The van der Waals surface area contributed by atoms with Crippen molar-refractivity contribution >= 4 is 5.97 Å². The molecule has 1 atom stereocenters. The Kier molecular flexibility index (Phi) is 3.88. The number of carboxylic acid groups (broad SMARTS) is 1. The van der Waals surface area contributed by atoms with Crippen LogP contribution in [0.25, 0.3) is 0 Å². The second-order valence-corrected chi connectivity index (χ2v) is 5.14. The molecule has 21 heavy (non-hydrogen) atoms. The molecule has 1 heterocycles. The van der Waals surface area contributed by atoms with Crippen LogP contribution in [-0.2, 0) is 13.0 Å². The zero-order valence-corrected chi connectivity index (χ0v) is 11.6. The van der Waals surface area contributed by atoms with Crippen molar-refractivity contribution in [3.63, 3.8) is 0 Å². The lowest BCUT2D eigenvalue weighted by molar-refractivity contribution is 0.0695. The topological polar surface area (TPSA) is 58.6 Å². The fourth-order valence-electron chi connectivity index (χ4n) is 2.62. The quantitative estimate of drug-likeness (QED) is 0.885. The normalized spacial score (nSPS) is 16.3. The lowest BCUT2D eigenvalue weighted by atomic mass is 10.1. The van der Waals surface area contributed by atoms with Crippen LogP contribution in [0.3, 0.4) is 0 Å². The van der Waals surface area contributed by atoms with E-state index in [1.807, 2.05) is 30.3 Å². The molecule has 2 aromatic rings. The number of hydrogen-bond acceptors (Lipinski definition) is 3. The van der Waals surface area contributed by atoms with E-state index in [1.165, 1.54) is 5.56 Å². The summed E-state index contributed by atoms with van der Waals surface area (Å²) in [6, 6.07) is 15.1. The van der Waals surface area contributed by atoms with Gasteiger partial charge in [0.05, 0.1) is 5.56 Å². The van der Waals surface area contributed by atoms with Crippen LogP contribution in [-0.4, -0.2) is 23.7 Å². The molecule has 3 rings (SSSR count). The summed E-state index contributed by atoms with van der Waals surface area (Å²) in [6.07, 6.45) is 1.00. The molecule has 2 N–H and O–H groups in total. The summed E-state index contributed by atoms with van der Waals surface area (Å²) in [5, 5.41) is 12.4. The summed E-state index contributed by atoms with van der Waals surface area (Å²) >= 11 is 0. The van der Waals surface area contributed by atoms with Gasteiger partial charge in [-0.05, 0) is 23.3 Å². The standard InChI is InChI=1S/C17H17NO3/c19-17(20)15-7-3-1-6-13(15)10-18-11-14-9-12-5-2-4-8-16(12)21-14/h1-8,14,18H,9-11H2,(H,19,20). The zero-order valence-electron chi connectivity index (χ0n) is 11.6. The van der Waals surface area contributed by atoms with Gasteiger partial charge in [-0.1, -0.05) is 36.4 Å². The highest BCUT2D eigenvalue weighted by atomic mass is 16.5. The van der Waals surface area contributed by atoms with Crippen LogP contribution >= 0.6 is 0 Å². The lowest BCUT2D eigenvalue weighted by Crippen LogP contribution is -2.30. The third kappa shape index (κ3) is 3.06. The monoisotopic (exact) mass is 283 g/mol. The highest BCUT2D eigenvalue weighted by Crippen LogP contribution is 2.27. The number of benzene rings is 2. The molecule has 4 nitrogen and oxygen atoms in total. The summed E-state index contributed by atoms with van der Waals surface area (Å²) in [4.78, 5) is 11.1. The van der Waals surface area contributed by atoms with E-state index in [4.69, 9.17) is 9.84 Å². The van der Waals surface area contributed by atoms with Crippen LogP contribution in [0.15, 0.2) is 48.5 Å². The van der Waals surface area contributed by atoms with Crippen LogP contribution in [0.2, 0.25) is 0 Å². The van der Waals surface area contributed by atoms with Crippen molar-refractivity contribution < 1.29 is 14.6 Å². The Morgan fingerprint density at radius 1 is 1.19 bits per heavy atom. The minimum atomic E-state index is -0.892. The zero-order chi connectivity index (χ0) is 14.7. The Hall–Kier alpha value is -2.33. The molecule has 0 aromatic heterocycles. The second kappa shape index (κ2) is 5.97. The van der Waals surface area contributed by atoms with Crippen LogP contribution in [0.1, 0.15) is 21.5 Å². The van der Waals surface area contributed by atoms with Crippen molar-refractivity contribution in [2.45, 2.75) is 19.1 Å². The molecule has 0 saturated carbocycles. The van der Waals surface area contributed by atoms with Crippen molar-refractivity contribution in [2.24, 2.45) is 0 Å². The number of carbonyl (C=O) groups is 1. The van der Waals surface area contributed by atoms with Crippen molar-refractivity contribution in [1.82, 2.24) is 5.32 Å². The predicted molar refractivity (Wildman–Crippen MR) is 79.7 cm³/mol. The second-order valence-electron chi connectivity index (χ2n) is 5.14. The highest BCUT2D eigenvalue weighted by Gasteiger charge is 2.21. The van der Waals surface area contributed by atoms with Gasteiger partial charge in [0.15, 0.2) is 0 Å². The maximum atomic E-state index is 11.1. The van der Waals surface area contributed by atoms with Gasteiger partial charge in [-0.25, -0.2) is 4.79 Å². The first-order valence-electron chi connectivity index (χ1n) is 7.00. The molecule has 0 bridgehead atoms. The number of aromatic carboxylic acids is 1. The molecule has 0 fully saturated rings. The number of hydrogen-bond donors (Lipinski definition) is 2. The first-order valence-corrected chi connectivity index (χ1v) is 7.00. The van der Waals surface area contributed by atoms with E-state index in [9.17, 15) is 4.79 Å². The molecule has 0 radical (unpaired) electrons. The van der Waals surface area contributed by atoms with Gasteiger partial charge in [-0.2, -0.15) is 0 Å². The fraction of sp³-hybridized carbons (Fsp3) is 0.235. The molecule has 0 saturated heterocycles. The van der Waals surface area contributed by atoms with E-state index >= 15 is 0 Å². The number of rotatable bonds is 5. The van der Waals surface area contributed by atoms with Gasteiger partial charge in [0, 0.05) is 19.5 Å². The van der Waals surface area contributed by atoms with Crippen LogP contribution in [0.5, 0.6) is 5.75 Å². The molecule has 0 aliphatic carbocycles. The Morgan fingerprint density at radius 2 is 1.95 bits per heavy atom. The summed E-state index contributed by atoms with van der Waals surface area (Å²) in [6.45, 7) is 1.22. The molecule has 108 valence electrons. The van der Waals surface area contributed by atoms with E-state index < -0.39 is 5.97 Å². The number of fused-ring (bicyclic) bond motifs is 1. The molecular weight excluding hydrogens is 266 g/mol. The van der Waals surface area contributed by atoms with Gasteiger partial charge in [0.2, 0.25) is 0 Å². The average Bonchev–Trinajstić information content (AvgIpc) is 2.90. The van der Waals surface area contributed by atoms with Gasteiger partial charge in [0.1, 0.15) is 11.9 Å². The molecule has 1 aliphatic heterocycles. The van der Waals surface area contributed by atoms with E-state index in [2.05, 4.69) is 11.4 Å². The van der Waals surface area contributed by atoms with Gasteiger partial charge >= 0.3 is 5.97 Å². The number of nitrogens with one attached hydrogen (secondary N) is 1. The summed E-state index contributed by atoms with van der Waals surface area (Å²) in [5.74, 6) is 0.0622. The number of ether oxygens (including phenoxy) is 1. The molecule has 4 heteroatoms. The third-order valence-electron chi connectivity index (χ3n) is 3.65. The van der Waals surface area contributed by atoms with Gasteiger partial charge in [0.25, 0.3) is 0 Å². The first-order chi connectivity index (χ1) is 10.2. The Bertz CT molecular complexity index is 629. The Morgan fingerprint density at radius 3 is 2.76 bits per heavy atom. The number of para-hydroxylation sites is 1. The molecule has 0 amide bonds. The molecule has 1 unspecified atom stereocenters. The van der Waals surface area contributed by atoms with E-state index in [0.29, 0.717) is 18.7 Å². The van der Waals surface area contributed by atoms with E-state index in [1.54, 1.807) is 12.1 Å². The van der Waals surface area contributed by atoms with Crippen LogP contribution in [0.4, 0.5) is 0 Å². The average molecular weight is 283 g/mol. The summed E-state index contributed by atoms with van der Waals surface area (Å²) in [5.41, 5.74) is 2.37. The molecule has 1 aliphatic rings. The maximum Gasteiger partial charge on any atom is 0.336 e. The smallest absolute Gasteiger partial charge is 0.336 e. The highest BCUT2D eigenvalue weighted by molar-refractivity contribution is 5.89. The van der Waals surface area contributed by atoms with Gasteiger partial charge in [-0.15, -0.1) is 0 Å². The van der Waals surface area contributed by atoms with Crippen molar-refractivity contribution in [3.8, 4) is 5.75 Å². The molecular formula is C17H17NO3. The Balaban J connectivity index is 1.55. The van der Waals surface area contributed by atoms with E-state index in [-0.39, 0.29) is 6.10 Å². The number of carboxylic acids is 1. The summed E-state index contributed by atoms with van der Waals surface area (Å²) < 4.78 is 5.84. The van der Waals surface area contributed by atoms with Crippen molar-refractivity contribution in [2.75, 3.05) is 6.54 Å². The predicted octanol–water partition coefficient (Wildman–Crippen LogP) is 2.48. The van der Waals surface area contributed by atoms with E-state index in [0.717, 1.165) is 17.7 Å². The van der Waals surface area contributed by atoms with Crippen molar-refractivity contribution in [1.29, 1.82) is 0 Å². The first kappa shape index (κ1) is 13.6. The largest absolute Gasteiger partial charge is 0.488 e. The SMILES string of the molecule is O=C(O)c1ccccc1CNCC1Cc2ccccc2O1. The van der Waals surface area contributed by atoms with Crippen LogP contribution < -0.4 is 10.1 Å². The fourth-order valence-corrected chi connectivity index (χ4v) is 2.62.